The first kappa shape index (κ1) is 126. The Balaban J connectivity index is 0.000000504. The summed E-state index contributed by atoms with van der Waals surface area (Å²) in [6.45, 7) is 8.70. The zero-order chi connectivity index (χ0) is 104. The minimum absolute atomic E-state index is 0.710. The lowest BCUT2D eigenvalue weighted by atomic mass is 8.19. The normalized spacial score (nSPS) is 10.3. The quantitative estimate of drug-likeness (QED) is 0.0355. The number of aryl methyl sites for hydroxylation is 4. The molecule has 2 aromatic heterocycles. The molecule has 0 fully saturated rings. The average Bonchev–Trinajstić information content (AvgIpc) is 0.707. The third-order valence-electron chi connectivity index (χ3n) is 28.2. The van der Waals surface area contributed by atoms with E-state index in [1.807, 2.05) is 48.8 Å². The molecule has 7 aromatic rings. The first-order chi connectivity index (χ1) is 63.7. The average molecular weight is 1600 g/mol. The van der Waals surface area contributed by atoms with Gasteiger partial charge in [-0.3, -0.25) is 9.97 Å². The smallest absolute Gasteiger partial charge is 0.0701 e. The molecule has 2 nitrogen and oxygen atoms in total. The molecule has 0 saturated carbocycles. The molecule has 0 aliphatic carbocycles. The molecule has 0 bridgehead atoms. The van der Waals surface area contributed by atoms with E-state index in [0.717, 1.165) is 55.9 Å². The van der Waals surface area contributed by atoms with Crippen LogP contribution < -0.4 is 0 Å². The van der Waals surface area contributed by atoms with Crippen LogP contribution in [0.25, 0.3) is 67.0 Å². The second-order valence-corrected chi connectivity index (χ2v) is 38.1. The fraction of sp³-hybridized carbons (Fsp3) is 0.0909. The number of aromatic nitrogens is 2. The Morgan fingerprint density at radius 2 is 0.307 bits per heavy atom. The molecule has 0 aliphatic heterocycles. The van der Waals surface area contributed by atoms with Gasteiger partial charge in [0.2, 0.25) is 0 Å². The van der Waals surface area contributed by atoms with Gasteiger partial charge in [-0.25, -0.2) is 0 Å². The van der Waals surface area contributed by atoms with Crippen molar-refractivity contribution in [3.8, 4) is 67.0 Å². The summed E-state index contributed by atoms with van der Waals surface area (Å²) in [7, 11) is 322. The SMILES string of the molecule is Cc1cc(-c2ccc(-c3ccccn3)cc2)c(-c2cc(Cl)cc(-c3cc(C)c(C)cc3-c3ccc(-c4ccccn4)cc3)c2)cc1C.[B]B([B])B(B([B])[B])B(B([B])[B])B(B(B(B([B])[B])B([B])[B])B(B([B])[B])B([B])[B])B(B(B(B(B([B])[B])B([B])[B])B(B([B])[B])B([B])[B])B(B(B([B])[B])B([B])[B])B(B([B])[B])B([B])[B])B(B(B(B([B])[B])B([B])[B])B(B([B])[B])B([B])[B])B(B(B([B])[B])B([B])[B])B(B([B])[B])B([B])[B]. The van der Waals surface area contributed by atoms with Crippen molar-refractivity contribution < 1.29 is 0 Å². The van der Waals surface area contributed by atoms with Gasteiger partial charge in [0.1, 0.15) is 0 Å². The molecule has 5 aromatic carbocycles. The predicted molar refractivity (Wildman–Crippen MR) is 716 cm³/mol. The molecule has 0 aliphatic rings. The van der Waals surface area contributed by atoms with Crippen molar-refractivity contribution in [2.45, 2.75) is 27.7 Å². The Labute approximate surface area is 911 Å². The molecule has 0 amide bonds. The van der Waals surface area contributed by atoms with Crippen LogP contribution in [0.3, 0.4) is 0 Å². The number of hydrogen-bond donors (Lipinski definition) is 0. The minimum atomic E-state index is -2.14. The van der Waals surface area contributed by atoms with Gasteiger partial charge in [-0.1, -0.05) is 96.5 Å². The summed E-state index contributed by atoms with van der Waals surface area (Å²) >= 11 is 6.95. The number of hydrogen-bond acceptors (Lipinski definition) is 2. The van der Waals surface area contributed by atoms with Crippen LogP contribution >= 0.6 is 11.6 Å². The molecule has 0 N–H and O–H groups in total. The van der Waals surface area contributed by atoms with Crippen molar-refractivity contribution in [2.75, 3.05) is 0 Å². The van der Waals surface area contributed by atoms with E-state index in [1.165, 1.54) is 33.4 Å². The Hall–Kier alpha value is 0.534. The molecule has 92 radical (unpaired) electrons. The summed E-state index contributed by atoms with van der Waals surface area (Å²) in [4.78, 5) is 9.06. The number of rotatable bonds is 49. The van der Waals surface area contributed by atoms with E-state index in [1.54, 1.807) is 0 Å². The highest BCUT2D eigenvalue weighted by Gasteiger charge is 2.68. The van der Waals surface area contributed by atoms with Crippen LogP contribution in [-0.2, 0) is 0 Å². The lowest BCUT2D eigenvalue weighted by Gasteiger charge is -2.62. The zero-order valence-corrected chi connectivity index (χ0v) is 79.8. The maximum atomic E-state index is 7.31. The molecule has 0 saturated heterocycles. The van der Waals surface area contributed by atoms with E-state index in [9.17, 15) is 0 Å². The van der Waals surface area contributed by atoms with Crippen molar-refractivity contribution in [2.24, 2.45) is 0 Å². The summed E-state index contributed by atoms with van der Waals surface area (Å²) in [6, 6.07) is 45.0. The fourth-order valence-electron chi connectivity index (χ4n) is 22.4. The van der Waals surface area contributed by atoms with Crippen molar-refractivity contribution in [1.29, 1.82) is 0 Å². The Kier molecular flexibility index (Phi) is 53.1. The van der Waals surface area contributed by atoms with E-state index >= 15 is 0 Å². The molecule has 0 atom stereocenters. The van der Waals surface area contributed by atoms with Crippen molar-refractivity contribution in [3.05, 3.63) is 167 Å². The van der Waals surface area contributed by atoms with Gasteiger partial charge < -0.3 is 0 Å². The maximum Gasteiger partial charge on any atom is 0.0701 e. The first-order valence-corrected chi connectivity index (χ1v) is 46.0. The maximum absolute atomic E-state index is 7.31. The van der Waals surface area contributed by atoms with Gasteiger partial charge in [0.15, 0.2) is 0 Å². The van der Waals surface area contributed by atoms with Crippen LogP contribution in [-0.4, -0.2) is 647 Å². The van der Waals surface area contributed by atoms with Crippen molar-refractivity contribution >= 4 is 648 Å². The minimum Gasteiger partial charge on any atom is -0.256 e. The third-order valence-corrected chi connectivity index (χ3v) is 28.4. The highest BCUT2D eigenvalue weighted by molar-refractivity contribution is 8.43. The summed E-state index contributed by atoms with van der Waals surface area (Å²) in [5.74, 6) is 0. The monoisotopic (exact) mass is 1620 g/mol. The van der Waals surface area contributed by atoms with Crippen LogP contribution in [0.15, 0.2) is 140 Å². The van der Waals surface area contributed by atoms with Gasteiger partial charge in [0, 0.05) is 665 Å². The highest BCUT2D eigenvalue weighted by Crippen LogP contribution is 2.43. The van der Waals surface area contributed by atoms with Crippen LogP contribution in [0.5, 0.6) is 0 Å². The van der Waals surface area contributed by atoms with Gasteiger partial charge in [0.05, 0.1) is 11.4 Å². The topological polar surface area (TPSA) is 25.8 Å². The van der Waals surface area contributed by atoms with Gasteiger partial charge in [-0.15, -0.1) is 0 Å². The fourth-order valence-corrected chi connectivity index (χ4v) is 22.6. The second-order valence-electron chi connectivity index (χ2n) is 37.7. The van der Waals surface area contributed by atoms with Crippen LogP contribution in [0.4, 0.5) is 0 Å². The van der Waals surface area contributed by atoms with Gasteiger partial charge in [-0.2, -0.15) is 0 Å². The molecule has 93 heteroatoms. The number of benzene rings is 5. The first-order valence-electron chi connectivity index (χ1n) is 45.6. The van der Waals surface area contributed by atoms with Crippen LogP contribution in [0.2, 0.25) is 5.02 Å². The van der Waals surface area contributed by atoms with Gasteiger partial charge in [-0.05, 0) is 137 Å². The van der Waals surface area contributed by atoms with E-state index in [-0.39, 0.29) is 0 Å². The molecule has 0 unspecified atom stereocenters. The number of pyridine rings is 2. The van der Waals surface area contributed by atoms with Crippen molar-refractivity contribution in [3.63, 3.8) is 0 Å². The molecular weight excluding hydrogens is 1570 g/mol. The number of nitrogens with zero attached hydrogens (tertiary/aromatic N) is 2. The Morgan fingerprint density at radius 1 is 0.161 bits per heavy atom. The molecular formula is C44H35B90ClN2. The summed E-state index contributed by atoms with van der Waals surface area (Å²) in [5.41, 5.74) is 18.3. The Morgan fingerprint density at radius 3 is 0.467 bits per heavy atom. The van der Waals surface area contributed by atoms with Gasteiger partial charge >= 0.3 is 0 Å². The summed E-state index contributed by atoms with van der Waals surface area (Å²) in [5, 5.41) is 0.710. The standard InChI is InChI=1S/C44H35ClN2.B90/c1-28-21-39(32-11-15-34(16-12-32)43-9-5-7-19-46-43)41(23-30(28)3)36-25-37(27-38(45)26-36)42-24-31(4)29(2)22-40(42)33-13-17-35(18-14-33)44-10-6-8-20-47-44;1-47(2)70(48(3)4)81(69(45)46)87(82(71(49(5)6)50(7)8)72(51(9)10)52(11)12)90(88(83(73(53(13)14)54(15)16)74(55(17)18)56(19)20)84(75(57(21)22)58(23)24)76(59(25)26)60(27)28)89(85(77(61(29)30)62(31)32)78(63(33)34)64(35)36)86(79(65(37)38)66(39)40)80(67(41)42)68(43)44/h5-27H,1-4H3;. The molecule has 0 spiro atoms. The van der Waals surface area contributed by atoms with Crippen LogP contribution in [0, 0.1) is 27.7 Å². The molecule has 137 heavy (non-hydrogen) atoms. The Bertz CT molecular complexity index is 4200. The van der Waals surface area contributed by atoms with Gasteiger partial charge in [0.25, 0.3) is 0 Å². The zero-order valence-electron chi connectivity index (χ0n) is 79.0. The summed E-state index contributed by atoms with van der Waals surface area (Å²) < 4.78 is 0. The van der Waals surface area contributed by atoms with E-state index in [2.05, 4.69) is 129 Å². The van der Waals surface area contributed by atoms with Crippen LogP contribution in [0.1, 0.15) is 22.3 Å². The largest absolute Gasteiger partial charge is 0.256 e. The molecule has 7 rings (SSSR count). The molecule has 498 valence electrons. The highest BCUT2D eigenvalue weighted by atomic mass is 35.5. The van der Waals surface area contributed by atoms with Crippen molar-refractivity contribution in [1.82, 2.24) is 9.97 Å². The van der Waals surface area contributed by atoms with E-state index in [4.69, 9.17) is 368 Å². The van der Waals surface area contributed by atoms with E-state index < -0.39 is 281 Å². The second kappa shape index (κ2) is 57.7. The lowest BCUT2D eigenvalue weighted by molar-refractivity contribution is 1.32. The lowest BCUT2D eigenvalue weighted by Crippen LogP contribution is -3.00. The number of halogens is 1. The van der Waals surface area contributed by atoms with E-state index in [0.29, 0.717) is 5.02 Å². The predicted octanol–water partition coefficient (Wildman–Crippen LogP) is -21.9. The molecule has 2 heterocycles. The third kappa shape index (κ3) is 32.3. The summed E-state index contributed by atoms with van der Waals surface area (Å²) in [6.07, 6.45) is -75.4.